The van der Waals surface area contributed by atoms with E-state index in [9.17, 15) is 5.26 Å². The molecule has 0 saturated heterocycles. The molecule has 0 radical (unpaired) electrons. The largest absolute Gasteiger partial charge is 0.497 e. The monoisotopic (exact) mass is 346 g/mol. The van der Waals surface area contributed by atoms with Gasteiger partial charge in [0.15, 0.2) is 0 Å². The van der Waals surface area contributed by atoms with Crippen LogP contribution in [0.3, 0.4) is 0 Å². The number of rotatable bonds is 5. The van der Waals surface area contributed by atoms with Crippen LogP contribution in [0.25, 0.3) is 22.0 Å². The van der Waals surface area contributed by atoms with Crippen molar-refractivity contribution in [2.75, 3.05) is 13.4 Å². The minimum Gasteiger partial charge on any atom is -0.497 e. The van der Waals surface area contributed by atoms with Gasteiger partial charge in [0.1, 0.15) is 11.8 Å². The molecule has 4 heteroatoms. The van der Waals surface area contributed by atoms with Crippen molar-refractivity contribution in [2.45, 2.75) is 11.3 Å². The lowest BCUT2D eigenvalue weighted by Gasteiger charge is -2.11. The lowest BCUT2D eigenvalue weighted by molar-refractivity contribution is 0.415. The van der Waals surface area contributed by atoms with Crippen molar-refractivity contribution in [2.24, 2.45) is 0 Å². The zero-order valence-electron chi connectivity index (χ0n) is 14.2. The van der Waals surface area contributed by atoms with E-state index in [1.807, 2.05) is 48.7 Å². The van der Waals surface area contributed by atoms with Gasteiger partial charge in [-0.1, -0.05) is 24.3 Å². The average molecular weight is 346 g/mol. The van der Waals surface area contributed by atoms with Crippen LogP contribution in [0.1, 0.15) is 11.3 Å². The smallest absolute Gasteiger partial charge is 0.119 e. The van der Waals surface area contributed by atoms with Crippen LogP contribution in [0.5, 0.6) is 5.75 Å². The van der Waals surface area contributed by atoms with Crippen LogP contribution in [0, 0.1) is 11.3 Å². The van der Waals surface area contributed by atoms with Crippen LogP contribution >= 0.6 is 11.8 Å². The number of allylic oxidation sites excluding steroid dienone is 1. The maximum Gasteiger partial charge on any atom is 0.119 e. The number of hydrogen-bond acceptors (Lipinski definition) is 4. The third kappa shape index (κ3) is 3.38. The lowest BCUT2D eigenvalue weighted by Crippen LogP contribution is -1.98. The molecule has 0 spiro atoms. The van der Waals surface area contributed by atoms with E-state index in [-0.39, 0.29) is 0 Å². The zero-order valence-corrected chi connectivity index (χ0v) is 15.1. The van der Waals surface area contributed by atoms with E-state index in [2.05, 4.69) is 18.7 Å². The maximum absolute atomic E-state index is 9.65. The van der Waals surface area contributed by atoms with Crippen LogP contribution in [-0.2, 0) is 6.42 Å². The summed E-state index contributed by atoms with van der Waals surface area (Å²) >= 11 is 1.56. The first-order chi connectivity index (χ1) is 12.2. The predicted molar refractivity (Wildman–Crippen MR) is 104 cm³/mol. The highest BCUT2D eigenvalue weighted by Gasteiger charge is 2.14. The van der Waals surface area contributed by atoms with Crippen LogP contribution in [-0.4, -0.2) is 18.3 Å². The summed E-state index contributed by atoms with van der Waals surface area (Å²) in [5.41, 5.74) is 3.20. The molecule has 0 aliphatic carbocycles. The van der Waals surface area contributed by atoms with Gasteiger partial charge >= 0.3 is 0 Å². The minimum absolute atomic E-state index is 0.619. The predicted octanol–water partition coefficient (Wildman–Crippen LogP) is 5.23. The molecule has 0 fully saturated rings. The van der Waals surface area contributed by atoms with E-state index in [0.717, 1.165) is 38.4 Å². The quantitative estimate of drug-likeness (QED) is 0.468. The molecule has 3 rings (SSSR count). The number of pyridine rings is 1. The molecule has 0 aliphatic rings. The normalized spacial score (nSPS) is 10.4. The van der Waals surface area contributed by atoms with Gasteiger partial charge in [-0.2, -0.15) is 5.26 Å². The molecule has 0 N–H and O–H groups in total. The highest BCUT2D eigenvalue weighted by Crippen LogP contribution is 2.32. The maximum atomic E-state index is 9.65. The Balaban J connectivity index is 2.20. The van der Waals surface area contributed by atoms with Crippen molar-refractivity contribution in [3.8, 4) is 23.1 Å². The Hall–Kier alpha value is -2.77. The van der Waals surface area contributed by atoms with Gasteiger partial charge in [0, 0.05) is 22.6 Å². The summed E-state index contributed by atoms with van der Waals surface area (Å²) in [5.74, 6) is 0.828. The highest BCUT2D eigenvalue weighted by molar-refractivity contribution is 7.98. The summed E-state index contributed by atoms with van der Waals surface area (Å²) in [7, 11) is 1.66. The SMILES string of the molecule is C=CCc1cc(SC)c(C#N)c(-c2ccc3cc(OC)ccc3c2)n1. The number of benzene rings is 2. The molecule has 0 saturated carbocycles. The van der Waals surface area contributed by atoms with Crippen molar-refractivity contribution in [3.05, 3.63) is 66.4 Å². The second-order valence-electron chi connectivity index (χ2n) is 5.57. The van der Waals surface area contributed by atoms with E-state index < -0.39 is 0 Å². The number of nitrogens with zero attached hydrogens (tertiary/aromatic N) is 2. The van der Waals surface area contributed by atoms with Crippen LogP contribution in [0.2, 0.25) is 0 Å². The summed E-state index contributed by atoms with van der Waals surface area (Å²) < 4.78 is 5.28. The van der Waals surface area contributed by atoms with Gasteiger partial charge in [0.2, 0.25) is 0 Å². The summed E-state index contributed by atoms with van der Waals surface area (Å²) in [6, 6.07) is 16.4. The van der Waals surface area contributed by atoms with Gasteiger partial charge in [-0.05, 0) is 41.3 Å². The molecular weight excluding hydrogens is 328 g/mol. The Morgan fingerprint density at radius 3 is 2.64 bits per heavy atom. The molecule has 0 bridgehead atoms. The average Bonchev–Trinajstić information content (AvgIpc) is 2.66. The van der Waals surface area contributed by atoms with Crippen molar-refractivity contribution in [1.29, 1.82) is 5.26 Å². The van der Waals surface area contributed by atoms with Crippen LogP contribution in [0.15, 0.2) is 60.0 Å². The topological polar surface area (TPSA) is 45.9 Å². The lowest BCUT2D eigenvalue weighted by atomic mass is 10.0. The van der Waals surface area contributed by atoms with E-state index in [1.165, 1.54) is 0 Å². The van der Waals surface area contributed by atoms with Gasteiger partial charge in [-0.3, -0.25) is 4.98 Å². The molecule has 3 nitrogen and oxygen atoms in total. The highest BCUT2D eigenvalue weighted by atomic mass is 32.2. The molecule has 124 valence electrons. The molecule has 2 aromatic carbocycles. The van der Waals surface area contributed by atoms with Gasteiger partial charge in [-0.25, -0.2) is 0 Å². The molecule has 1 heterocycles. The third-order valence-electron chi connectivity index (χ3n) is 4.04. The number of thioether (sulfide) groups is 1. The number of hydrogen-bond donors (Lipinski definition) is 0. The van der Waals surface area contributed by atoms with Gasteiger partial charge < -0.3 is 4.74 Å². The standard InChI is InChI=1S/C21H18N2OS/c1-4-5-17-12-20(25-3)19(13-22)21(23-17)16-7-6-15-11-18(24-2)9-8-14(15)10-16/h4,6-12H,1,5H2,2-3H3. The van der Waals surface area contributed by atoms with E-state index >= 15 is 0 Å². The first kappa shape index (κ1) is 17.1. The fourth-order valence-corrected chi connectivity index (χ4v) is 3.40. The molecule has 0 aliphatic heterocycles. The number of fused-ring (bicyclic) bond motifs is 1. The third-order valence-corrected chi connectivity index (χ3v) is 4.80. The number of methoxy groups -OCH3 is 1. The first-order valence-corrected chi connectivity index (χ1v) is 9.09. The fourth-order valence-electron chi connectivity index (χ4n) is 2.80. The van der Waals surface area contributed by atoms with Crippen molar-refractivity contribution in [3.63, 3.8) is 0 Å². The molecule has 0 amide bonds. The summed E-state index contributed by atoms with van der Waals surface area (Å²) in [6.07, 6.45) is 4.48. The zero-order chi connectivity index (χ0) is 17.8. The van der Waals surface area contributed by atoms with Crippen molar-refractivity contribution >= 4 is 22.5 Å². The summed E-state index contributed by atoms with van der Waals surface area (Å²) in [5, 5.41) is 11.8. The molecule has 0 atom stereocenters. The van der Waals surface area contributed by atoms with Crippen molar-refractivity contribution < 1.29 is 4.74 Å². The number of aromatic nitrogens is 1. The molecule has 1 aromatic heterocycles. The van der Waals surface area contributed by atoms with Gasteiger partial charge in [-0.15, -0.1) is 18.3 Å². The Labute approximate surface area is 152 Å². The summed E-state index contributed by atoms with van der Waals surface area (Å²) in [4.78, 5) is 5.66. The van der Waals surface area contributed by atoms with E-state index in [0.29, 0.717) is 12.0 Å². The van der Waals surface area contributed by atoms with Crippen molar-refractivity contribution in [1.82, 2.24) is 4.98 Å². The van der Waals surface area contributed by atoms with E-state index in [1.54, 1.807) is 18.9 Å². The minimum atomic E-state index is 0.619. The molecule has 3 aromatic rings. The van der Waals surface area contributed by atoms with E-state index in [4.69, 9.17) is 9.72 Å². The molecular formula is C21H18N2OS. The Kier molecular flexibility index (Phi) is 5.06. The first-order valence-electron chi connectivity index (χ1n) is 7.87. The van der Waals surface area contributed by atoms with Crippen LogP contribution in [0.4, 0.5) is 0 Å². The second kappa shape index (κ2) is 7.42. The second-order valence-corrected chi connectivity index (χ2v) is 6.42. The molecule has 0 unspecified atom stereocenters. The van der Waals surface area contributed by atoms with Gasteiger partial charge in [0.25, 0.3) is 0 Å². The number of nitriles is 1. The Bertz CT molecular complexity index is 989. The Morgan fingerprint density at radius 2 is 1.96 bits per heavy atom. The summed E-state index contributed by atoms with van der Waals surface area (Å²) in [6.45, 7) is 3.79. The number of ether oxygens (including phenoxy) is 1. The van der Waals surface area contributed by atoms with Crippen LogP contribution < -0.4 is 4.74 Å². The Morgan fingerprint density at radius 1 is 1.20 bits per heavy atom. The molecule has 25 heavy (non-hydrogen) atoms. The fraction of sp³-hybridized carbons (Fsp3) is 0.143. The van der Waals surface area contributed by atoms with Gasteiger partial charge in [0.05, 0.1) is 18.4 Å².